The maximum atomic E-state index is 14.5. The summed E-state index contributed by atoms with van der Waals surface area (Å²) < 4.78 is 23.7. The smallest absolute Gasteiger partial charge is 0.174 e. The molecule has 0 amide bonds. The molecule has 0 aliphatic carbocycles. The lowest BCUT2D eigenvalue weighted by atomic mass is 9.84. The van der Waals surface area contributed by atoms with Crippen LogP contribution >= 0.6 is 0 Å². The van der Waals surface area contributed by atoms with Crippen molar-refractivity contribution in [2.45, 2.75) is 38.4 Å². The Balaban J connectivity index is 1.60. The molecule has 1 aliphatic heterocycles. The van der Waals surface area contributed by atoms with Crippen molar-refractivity contribution in [3.05, 3.63) is 125 Å². The number of Topliss-reactive ketones (excluding diaryl/α,β-unsaturated/α-hetero) is 1. The molecule has 0 saturated carbocycles. The highest BCUT2D eigenvalue weighted by Crippen LogP contribution is 2.42. The van der Waals surface area contributed by atoms with Gasteiger partial charge in [-0.2, -0.15) is 0 Å². The normalized spacial score (nSPS) is 14.0. The third-order valence-corrected chi connectivity index (χ3v) is 7.08. The summed E-state index contributed by atoms with van der Waals surface area (Å²) in [4.78, 5) is 14.5. The molecule has 0 N–H and O–H groups in total. The third kappa shape index (κ3) is 5.89. The van der Waals surface area contributed by atoms with Crippen LogP contribution in [0.2, 0.25) is 0 Å². The lowest BCUT2D eigenvalue weighted by Gasteiger charge is -2.30. The Morgan fingerprint density at radius 2 is 1.50 bits per heavy atom. The summed E-state index contributed by atoms with van der Waals surface area (Å²) in [6.07, 6.45) is 4.51. The van der Waals surface area contributed by atoms with Crippen LogP contribution in [0.25, 0.3) is 6.08 Å². The molecule has 4 aromatic rings. The first kappa shape index (κ1) is 27.1. The Morgan fingerprint density at radius 1 is 0.825 bits per heavy atom. The van der Waals surface area contributed by atoms with Gasteiger partial charge in [-0.15, -0.1) is 0 Å². The van der Waals surface area contributed by atoms with Gasteiger partial charge in [0.15, 0.2) is 17.3 Å². The van der Waals surface area contributed by atoms with Crippen molar-refractivity contribution in [3.8, 4) is 23.0 Å². The standard InChI is InChI=1S/C35H34O5/c1-35(2)20-19-27-30(40-35)18-16-28(34(27)39-23-25-13-9-6-10-14-25)33(36)29(21-24-11-7-5-8-12-24)26-15-17-31(37-3)32(22-26)38-4/h5-20,22,29H,21,23H2,1-4H3. The zero-order valence-electron chi connectivity index (χ0n) is 23.3. The molecule has 40 heavy (non-hydrogen) atoms. The summed E-state index contributed by atoms with van der Waals surface area (Å²) in [5, 5.41) is 0. The van der Waals surface area contributed by atoms with Crippen LogP contribution in [0.5, 0.6) is 23.0 Å². The van der Waals surface area contributed by atoms with Crippen molar-refractivity contribution in [3.63, 3.8) is 0 Å². The zero-order valence-corrected chi connectivity index (χ0v) is 23.3. The molecule has 5 heteroatoms. The van der Waals surface area contributed by atoms with E-state index in [1.807, 2.05) is 117 Å². The lowest BCUT2D eigenvalue weighted by molar-refractivity contribution is 0.0953. The van der Waals surface area contributed by atoms with Crippen molar-refractivity contribution < 1.29 is 23.7 Å². The predicted molar refractivity (Wildman–Crippen MR) is 158 cm³/mol. The van der Waals surface area contributed by atoms with E-state index >= 15 is 0 Å². The minimum absolute atomic E-state index is 0.0415. The molecule has 0 bridgehead atoms. The van der Waals surface area contributed by atoms with E-state index in [4.69, 9.17) is 18.9 Å². The summed E-state index contributed by atoms with van der Waals surface area (Å²) in [7, 11) is 3.20. The largest absolute Gasteiger partial charge is 0.493 e. The van der Waals surface area contributed by atoms with E-state index in [2.05, 4.69) is 0 Å². The average Bonchev–Trinajstić information content (AvgIpc) is 2.98. The van der Waals surface area contributed by atoms with Crippen LogP contribution in [0.15, 0.2) is 97.1 Å². The van der Waals surface area contributed by atoms with Gasteiger partial charge < -0.3 is 18.9 Å². The van der Waals surface area contributed by atoms with Crippen LogP contribution in [0.1, 0.15) is 52.4 Å². The van der Waals surface area contributed by atoms with Crippen LogP contribution < -0.4 is 18.9 Å². The second-order valence-electron chi connectivity index (χ2n) is 10.4. The molecule has 0 radical (unpaired) electrons. The monoisotopic (exact) mass is 534 g/mol. The molecule has 204 valence electrons. The molecule has 1 aliphatic rings. The minimum Gasteiger partial charge on any atom is -0.493 e. The van der Waals surface area contributed by atoms with Crippen LogP contribution in [0.3, 0.4) is 0 Å². The van der Waals surface area contributed by atoms with Gasteiger partial charge in [-0.3, -0.25) is 4.79 Å². The molecule has 5 rings (SSSR count). The SMILES string of the molecule is COc1ccc(C(Cc2ccccc2)C(=O)c2ccc3c(c2OCc2ccccc2)C=CC(C)(C)O3)cc1OC. The molecule has 0 spiro atoms. The Morgan fingerprint density at radius 3 is 2.17 bits per heavy atom. The average molecular weight is 535 g/mol. The molecule has 4 aromatic carbocycles. The van der Waals surface area contributed by atoms with E-state index < -0.39 is 11.5 Å². The first-order chi connectivity index (χ1) is 19.4. The van der Waals surface area contributed by atoms with Crippen LogP contribution in [0, 0.1) is 0 Å². The lowest BCUT2D eigenvalue weighted by Crippen LogP contribution is -2.28. The number of ether oxygens (including phenoxy) is 4. The van der Waals surface area contributed by atoms with Gasteiger partial charge in [-0.1, -0.05) is 66.7 Å². The molecule has 1 unspecified atom stereocenters. The van der Waals surface area contributed by atoms with Crippen LogP contribution in [0.4, 0.5) is 0 Å². The van der Waals surface area contributed by atoms with Crippen molar-refractivity contribution in [1.82, 2.24) is 0 Å². The summed E-state index contributed by atoms with van der Waals surface area (Å²) in [6, 6.07) is 29.3. The molecule has 0 fully saturated rings. The van der Waals surface area contributed by atoms with Gasteiger partial charge in [0, 0.05) is 0 Å². The van der Waals surface area contributed by atoms with Gasteiger partial charge >= 0.3 is 0 Å². The summed E-state index contributed by atoms with van der Waals surface area (Å²) >= 11 is 0. The first-order valence-electron chi connectivity index (χ1n) is 13.4. The van der Waals surface area contributed by atoms with Crippen molar-refractivity contribution >= 4 is 11.9 Å². The number of carbonyl (C=O) groups excluding carboxylic acids is 1. The maximum absolute atomic E-state index is 14.5. The molecule has 1 atom stereocenters. The number of hydrogen-bond donors (Lipinski definition) is 0. The Labute approximate surface area is 236 Å². The fraction of sp³-hybridized carbons (Fsp3) is 0.229. The van der Waals surface area contributed by atoms with Gasteiger partial charge in [0.25, 0.3) is 0 Å². The Bertz CT molecular complexity index is 1510. The highest BCUT2D eigenvalue weighted by Gasteiger charge is 2.31. The Kier molecular flexibility index (Phi) is 7.92. The second-order valence-corrected chi connectivity index (χ2v) is 10.4. The topological polar surface area (TPSA) is 54.0 Å². The Hall–Kier alpha value is -4.51. The predicted octanol–water partition coefficient (Wildman–Crippen LogP) is 7.68. The van der Waals surface area contributed by atoms with Crippen molar-refractivity contribution in [2.24, 2.45) is 0 Å². The molecular weight excluding hydrogens is 500 g/mol. The van der Waals surface area contributed by atoms with E-state index in [9.17, 15) is 4.79 Å². The van der Waals surface area contributed by atoms with E-state index in [1.165, 1.54) is 0 Å². The van der Waals surface area contributed by atoms with Crippen molar-refractivity contribution in [2.75, 3.05) is 14.2 Å². The number of methoxy groups -OCH3 is 2. The minimum atomic E-state index is -0.482. The number of ketones is 1. The summed E-state index contributed by atoms with van der Waals surface area (Å²) in [5.41, 5.74) is 3.74. The van der Waals surface area contributed by atoms with Gasteiger partial charge in [-0.05, 0) is 73.4 Å². The van der Waals surface area contributed by atoms with Gasteiger partial charge in [0.1, 0.15) is 23.7 Å². The second kappa shape index (κ2) is 11.7. The summed E-state index contributed by atoms with van der Waals surface area (Å²) in [5.74, 6) is 1.89. The quantitative estimate of drug-likeness (QED) is 0.195. The molecule has 5 nitrogen and oxygen atoms in total. The molecule has 0 aromatic heterocycles. The number of carbonyl (C=O) groups is 1. The molecule has 0 saturated heterocycles. The molecule has 1 heterocycles. The van der Waals surface area contributed by atoms with Crippen molar-refractivity contribution in [1.29, 1.82) is 0 Å². The highest BCUT2D eigenvalue weighted by atomic mass is 16.5. The van der Waals surface area contributed by atoms with Crippen LogP contribution in [-0.4, -0.2) is 25.6 Å². The highest BCUT2D eigenvalue weighted by molar-refractivity contribution is 6.04. The number of fused-ring (bicyclic) bond motifs is 1. The fourth-order valence-corrected chi connectivity index (χ4v) is 4.98. The van der Waals surface area contributed by atoms with E-state index in [1.54, 1.807) is 14.2 Å². The molecular formula is C35H34O5. The van der Waals surface area contributed by atoms with E-state index in [0.717, 1.165) is 22.3 Å². The van der Waals surface area contributed by atoms with Gasteiger partial charge in [0.05, 0.1) is 31.3 Å². The fourth-order valence-electron chi connectivity index (χ4n) is 4.98. The number of hydrogen-bond acceptors (Lipinski definition) is 5. The first-order valence-corrected chi connectivity index (χ1v) is 13.4. The third-order valence-electron chi connectivity index (χ3n) is 7.08. The maximum Gasteiger partial charge on any atom is 0.174 e. The summed E-state index contributed by atoms with van der Waals surface area (Å²) in [6.45, 7) is 4.33. The number of rotatable bonds is 10. The van der Waals surface area contributed by atoms with Gasteiger partial charge in [-0.25, -0.2) is 0 Å². The number of benzene rings is 4. The van der Waals surface area contributed by atoms with E-state index in [0.29, 0.717) is 41.6 Å². The van der Waals surface area contributed by atoms with E-state index in [-0.39, 0.29) is 5.78 Å². The zero-order chi connectivity index (χ0) is 28.1. The van der Waals surface area contributed by atoms with Crippen LogP contribution in [-0.2, 0) is 13.0 Å². The van der Waals surface area contributed by atoms with Gasteiger partial charge in [0.2, 0.25) is 0 Å².